The Bertz CT molecular complexity index is 664. The second-order valence-electron chi connectivity index (χ2n) is 5.85. The number of benzene rings is 1. The summed E-state index contributed by atoms with van der Waals surface area (Å²) >= 11 is 1.34. The number of aromatic amines is 1. The van der Waals surface area contributed by atoms with E-state index in [4.69, 9.17) is 0 Å². The first-order valence-electron chi connectivity index (χ1n) is 8.43. The minimum absolute atomic E-state index is 0.0476. The van der Waals surface area contributed by atoms with E-state index >= 15 is 0 Å². The number of hydrogen-bond donors (Lipinski definition) is 2. The molecule has 3 rings (SSSR count). The van der Waals surface area contributed by atoms with E-state index in [-0.39, 0.29) is 5.91 Å². The Kier molecular flexibility index (Phi) is 5.74. The molecular weight excluding hydrogens is 322 g/mol. The molecule has 1 fully saturated rings. The number of H-pyrrole nitrogens is 1. The number of piperidine rings is 1. The summed E-state index contributed by atoms with van der Waals surface area (Å²) in [6.45, 7) is 4.26. The zero-order valence-electron chi connectivity index (χ0n) is 13.9. The van der Waals surface area contributed by atoms with Crippen molar-refractivity contribution in [3.8, 4) is 0 Å². The van der Waals surface area contributed by atoms with Gasteiger partial charge in [-0.1, -0.05) is 18.7 Å². The van der Waals surface area contributed by atoms with Crippen LogP contribution in [0.25, 0.3) is 0 Å². The van der Waals surface area contributed by atoms with Crippen LogP contribution in [-0.4, -0.2) is 39.9 Å². The fraction of sp³-hybridized carbons (Fsp3) is 0.471. The fourth-order valence-corrected chi connectivity index (χ4v) is 3.35. The largest absolute Gasteiger partial charge is 0.372 e. The van der Waals surface area contributed by atoms with Crippen molar-refractivity contribution in [2.24, 2.45) is 0 Å². The Hall–Kier alpha value is -2.02. The van der Waals surface area contributed by atoms with Crippen LogP contribution in [0.15, 0.2) is 29.4 Å². The second-order valence-corrected chi connectivity index (χ2v) is 6.79. The number of aromatic nitrogens is 3. The molecule has 1 saturated heterocycles. The van der Waals surface area contributed by atoms with Crippen molar-refractivity contribution in [3.63, 3.8) is 0 Å². The first-order valence-corrected chi connectivity index (χ1v) is 9.42. The van der Waals surface area contributed by atoms with E-state index in [2.05, 4.69) is 37.5 Å². The van der Waals surface area contributed by atoms with Crippen molar-refractivity contribution < 1.29 is 4.79 Å². The van der Waals surface area contributed by atoms with Gasteiger partial charge in [-0.25, -0.2) is 4.98 Å². The number of anilines is 2. The lowest BCUT2D eigenvalue weighted by Crippen LogP contribution is -2.29. The summed E-state index contributed by atoms with van der Waals surface area (Å²) in [7, 11) is 0. The Balaban J connectivity index is 1.48. The molecule has 1 amide bonds. The van der Waals surface area contributed by atoms with Gasteiger partial charge in [0, 0.05) is 30.9 Å². The van der Waals surface area contributed by atoms with E-state index in [0.717, 1.165) is 31.0 Å². The summed E-state index contributed by atoms with van der Waals surface area (Å²) in [5.41, 5.74) is 2.06. The van der Waals surface area contributed by atoms with Gasteiger partial charge >= 0.3 is 0 Å². The van der Waals surface area contributed by atoms with Gasteiger partial charge in [0.05, 0.1) is 5.75 Å². The average Bonchev–Trinajstić information content (AvgIpc) is 3.10. The smallest absolute Gasteiger partial charge is 0.234 e. The molecule has 6 nitrogen and oxygen atoms in total. The third kappa shape index (κ3) is 4.50. The molecule has 1 aliphatic rings. The van der Waals surface area contributed by atoms with Crippen LogP contribution in [0.2, 0.25) is 0 Å². The highest BCUT2D eigenvalue weighted by Gasteiger charge is 2.11. The van der Waals surface area contributed by atoms with E-state index in [9.17, 15) is 4.79 Å². The molecule has 0 bridgehead atoms. The average molecular weight is 345 g/mol. The molecule has 0 spiro atoms. The standard InChI is InChI=1S/C17H23N5OS/c1-2-15-19-17(21-20-15)24-12-16(23)18-13-6-8-14(9-7-13)22-10-4-3-5-11-22/h6-9H,2-5,10-12H2,1H3,(H,18,23)(H,19,20,21). The van der Waals surface area contributed by atoms with Crippen molar-refractivity contribution in [1.82, 2.24) is 15.2 Å². The summed E-state index contributed by atoms with van der Waals surface area (Å²) in [4.78, 5) is 18.7. The Morgan fingerprint density at radius 1 is 1.25 bits per heavy atom. The predicted octanol–water partition coefficient (Wildman–Crippen LogP) is 3.09. The summed E-state index contributed by atoms with van der Waals surface area (Å²) in [5, 5.41) is 10.5. The maximum Gasteiger partial charge on any atom is 0.234 e. The number of nitrogens with one attached hydrogen (secondary N) is 2. The lowest BCUT2D eigenvalue weighted by Gasteiger charge is -2.28. The van der Waals surface area contributed by atoms with Gasteiger partial charge in [-0.2, -0.15) is 0 Å². The zero-order valence-corrected chi connectivity index (χ0v) is 14.7. The summed E-state index contributed by atoms with van der Waals surface area (Å²) < 4.78 is 0. The van der Waals surface area contributed by atoms with Gasteiger partial charge in [-0.15, -0.1) is 5.10 Å². The van der Waals surface area contributed by atoms with Gasteiger partial charge in [0.25, 0.3) is 0 Å². The molecule has 2 N–H and O–H groups in total. The van der Waals surface area contributed by atoms with Crippen LogP contribution < -0.4 is 10.2 Å². The molecule has 0 radical (unpaired) electrons. The highest BCUT2D eigenvalue weighted by Crippen LogP contribution is 2.22. The van der Waals surface area contributed by atoms with Crippen molar-refractivity contribution in [3.05, 3.63) is 30.1 Å². The van der Waals surface area contributed by atoms with Crippen molar-refractivity contribution in [2.45, 2.75) is 37.8 Å². The van der Waals surface area contributed by atoms with E-state index in [1.165, 1.54) is 36.7 Å². The maximum absolute atomic E-state index is 12.0. The van der Waals surface area contributed by atoms with Crippen LogP contribution in [-0.2, 0) is 11.2 Å². The number of hydrogen-bond acceptors (Lipinski definition) is 5. The molecule has 1 aliphatic heterocycles. The van der Waals surface area contributed by atoms with Crippen LogP contribution in [0.4, 0.5) is 11.4 Å². The van der Waals surface area contributed by atoms with Crippen LogP contribution in [0, 0.1) is 0 Å². The maximum atomic E-state index is 12.0. The van der Waals surface area contributed by atoms with E-state index in [1.807, 2.05) is 19.1 Å². The quantitative estimate of drug-likeness (QED) is 0.787. The molecule has 7 heteroatoms. The van der Waals surface area contributed by atoms with E-state index in [1.54, 1.807) is 0 Å². The molecule has 0 saturated carbocycles. The molecule has 0 unspecified atom stereocenters. The topological polar surface area (TPSA) is 73.9 Å². The third-order valence-electron chi connectivity index (χ3n) is 4.05. The number of rotatable bonds is 6. The van der Waals surface area contributed by atoms with Crippen molar-refractivity contribution >= 4 is 29.0 Å². The molecule has 0 atom stereocenters. The van der Waals surface area contributed by atoms with Gasteiger partial charge in [-0.3, -0.25) is 9.89 Å². The highest BCUT2D eigenvalue weighted by atomic mass is 32.2. The number of nitrogens with zero attached hydrogens (tertiary/aromatic N) is 3. The number of carbonyl (C=O) groups excluding carboxylic acids is 1. The lowest BCUT2D eigenvalue weighted by molar-refractivity contribution is -0.113. The van der Waals surface area contributed by atoms with Gasteiger partial charge in [0.1, 0.15) is 5.82 Å². The van der Waals surface area contributed by atoms with Gasteiger partial charge in [0.2, 0.25) is 11.1 Å². The molecule has 128 valence electrons. The minimum Gasteiger partial charge on any atom is -0.372 e. The molecular formula is C17H23N5OS. The SMILES string of the molecule is CCc1nc(SCC(=O)Nc2ccc(N3CCCCC3)cc2)n[nH]1. The van der Waals surface area contributed by atoms with Crippen LogP contribution in [0.5, 0.6) is 0 Å². The van der Waals surface area contributed by atoms with Crippen LogP contribution >= 0.6 is 11.8 Å². The summed E-state index contributed by atoms with van der Waals surface area (Å²) in [6.07, 6.45) is 4.66. The number of thioether (sulfide) groups is 1. The first kappa shape index (κ1) is 16.8. The summed E-state index contributed by atoms with van der Waals surface area (Å²) in [5.74, 6) is 1.09. The van der Waals surface area contributed by atoms with Gasteiger partial charge in [0.15, 0.2) is 0 Å². The number of amides is 1. The van der Waals surface area contributed by atoms with Crippen LogP contribution in [0.1, 0.15) is 32.0 Å². The van der Waals surface area contributed by atoms with Crippen molar-refractivity contribution in [2.75, 3.05) is 29.1 Å². The van der Waals surface area contributed by atoms with E-state index < -0.39 is 0 Å². The monoisotopic (exact) mass is 345 g/mol. The molecule has 1 aromatic heterocycles. The normalized spacial score (nSPS) is 14.6. The van der Waals surface area contributed by atoms with Gasteiger partial charge < -0.3 is 10.2 Å². The Morgan fingerprint density at radius 2 is 2.00 bits per heavy atom. The summed E-state index contributed by atoms with van der Waals surface area (Å²) in [6, 6.07) is 8.09. The third-order valence-corrected chi connectivity index (χ3v) is 4.90. The number of carbonyl (C=O) groups is 1. The highest BCUT2D eigenvalue weighted by molar-refractivity contribution is 7.99. The number of aryl methyl sites for hydroxylation is 1. The molecule has 2 aromatic rings. The fourth-order valence-electron chi connectivity index (χ4n) is 2.74. The first-order chi connectivity index (χ1) is 11.7. The lowest BCUT2D eigenvalue weighted by atomic mass is 10.1. The molecule has 0 aliphatic carbocycles. The van der Waals surface area contributed by atoms with Crippen molar-refractivity contribution in [1.29, 1.82) is 0 Å². The van der Waals surface area contributed by atoms with E-state index in [0.29, 0.717) is 10.9 Å². The minimum atomic E-state index is -0.0476. The molecule has 2 heterocycles. The molecule has 24 heavy (non-hydrogen) atoms. The van der Waals surface area contributed by atoms with Crippen LogP contribution in [0.3, 0.4) is 0 Å². The molecule has 1 aromatic carbocycles. The Labute approximate surface area is 146 Å². The zero-order chi connectivity index (χ0) is 16.8. The van der Waals surface area contributed by atoms with Gasteiger partial charge in [-0.05, 0) is 43.5 Å². The Morgan fingerprint density at radius 3 is 2.67 bits per heavy atom. The second kappa shape index (κ2) is 8.19. The predicted molar refractivity (Wildman–Crippen MR) is 97.6 cm³/mol.